The van der Waals surface area contributed by atoms with Crippen LogP contribution in [0.4, 0.5) is 0 Å². The van der Waals surface area contributed by atoms with Crippen molar-refractivity contribution >= 4 is 26.0 Å². The average molecular weight is 330 g/mol. The highest BCUT2D eigenvalue weighted by Gasteiger charge is 2.22. The fourth-order valence-corrected chi connectivity index (χ4v) is 3.51. The number of nitrogens with one attached hydrogen (secondary N) is 1. The molecule has 102 valence electrons. The number of hydrogen-bond donors (Lipinski definition) is 1. The van der Waals surface area contributed by atoms with Crippen LogP contribution in [-0.2, 0) is 19.5 Å². The maximum absolute atomic E-state index is 11.7. The summed E-state index contributed by atoms with van der Waals surface area (Å²) in [6.07, 6.45) is 2.37. The lowest BCUT2D eigenvalue weighted by molar-refractivity contribution is 0.127. The second-order valence-corrected chi connectivity index (χ2v) is 7.30. The molecular formula is C10H20BrNO4S. The lowest BCUT2D eigenvalue weighted by Gasteiger charge is -2.12. The third kappa shape index (κ3) is 6.71. The van der Waals surface area contributed by atoms with Crippen molar-refractivity contribution in [3.63, 3.8) is 0 Å². The number of ether oxygens (including phenoxy) is 2. The van der Waals surface area contributed by atoms with E-state index in [0.717, 1.165) is 12.8 Å². The third-order valence-corrected chi connectivity index (χ3v) is 4.73. The van der Waals surface area contributed by atoms with Gasteiger partial charge in [0.15, 0.2) is 0 Å². The van der Waals surface area contributed by atoms with Crippen molar-refractivity contribution in [2.75, 3.05) is 32.6 Å². The zero-order chi connectivity index (χ0) is 12.7. The Kier molecular flexibility index (Phi) is 6.94. The van der Waals surface area contributed by atoms with Crippen LogP contribution in [0.25, 0.3) is 0 Å². The highest BCUT2D eigenvalue weighted by molar-refractivity contribution is 9.09. The molecular weight excluding hydrogens is 310 g/mol. The number of sulfonamides is 1. The predicted octanol–water partition coefficient (Wildman–Crippen LogP) is 0.885. The molecule has 0 aromatic carbocycles. The molecule has 0 aromatic rings. The van der Waals surface area contributed by atoms with E-state index in [-0.39, 0.29) is 16.7 Å². The fraction of sp³-hybridized carbons (Fsp3) is 1.00. The van der Waals surface area contributed by atoms with Crippen LogP contribution in [0.5, 0.6) is 0 Å². The number of rotatable bonds is 8. The van der Waals surface area contributed by atoms with Crippen molar-refractivity contribution < 1.29 is 17.9 Å². The van der Waals surface area contributed by atoms with E-state index in [1.165, 1.54) is 0 Å². The van der Waals surface area contributed by atoms with Crippen molar-refractivity contribution in [2.24, 2.45) is 0 Å². The second-order valence-electron chi connectivity index (χ2n) is 4.15. The number of alkyl halides is 1. The second kappa shape index (κ2) is 7.68. The largest absolute Gasteiger partial charge is 0.384 e. The molecule has 1 aliphatic rings. The molecule has 1 fully saturated rings. The van der Waals surface area contributed by atoms with E-state index in [0.29, 0.717) is 26.2 Å². The molecule has 0 aromatic heterocycles. The maximum atomic E-state index is 11.7. The summed E-state index contributed by atoms with van der Waals surface area (Å²) in [5.74, 6) is 0.0736. The topological polar surface area (TPSA) is 64.6 Å². The van der Waals surface area contributed by atoms with Gasteiger partial charge < -0.3 is 9.47 Å². The standard InChI is InChI=1S/C10H20BrNO4S/c1-15-7-9(11)4-5-12-17(13,14)8-10-3-2-6-16-10/h9-10,12H,2-8H2,1H3. The predicted molar refractivity (Wildman–Crippen MR) is 70.0 cm³/mol. The first-order chi connectivity index (χ1) is 8.03. The summed E-state index contributed by atoms with van der Waals surface area (Å²) in [5, 5.41) is 0. The first-order valence-corrected chi connectivity index (χ1v) is 8.32. The van der Waals surface area contributed by atoms with Gasteiger partial charge in [0.25, 0.3) is 0 Å². The van der Waals surface area contributed by atoms with Crippen molar-refractivity contribution in [1.29, 1.82) is 0 Å². The lowest BCUT2D eigenvalue weighted by Crippen LogP contribution is -2.33. The van der Waals surface area contributed by atoms with Gasteiger partial charge in [-0.2, -0.15) is 0 Å². The van der Waals surface area contributed by atoms with E-state index in [9.17, 15) is 8.42 Å². The first kappa shape index (κ1) is 15.4. The zero-order valence-corrected chi connectivity index (χ0v) is 12.4. The van der Waals surface area contributed by atoms with Crippen molar-refractivity contribution in [1.82, 2.24) is 4.72 Å². The molecule has 0 spiro atoms. The Hall–Kier alpha value is 0.310. The summed E-state index contributed by atoms with van der Waals surface area (Å²) >= 11 is 3.41. The van der Waals surface area contributed by atoms with Crippen LogP contribution < -0.4 is 4.72 Å². The number of hydrogen-bond acceptors (Lipinski definition) is 4. The van der Waals surface area contributed by atoms with Gasteiger partial charge in [-0.15, -0.1) is 0 Å². The van der Waals surface area contributed by atoms with Gasteiger partial charge >= 0.3 is 0 Å². The lowest BCUT2D eigenvalue weighted by atomic mass is 10.3. The molecule has 1 saturated heterocycles. The SMILES string of the molecule is COCC(Br)CCNS(=O)(=O)CC1CCCO1. The van der Waals surface area contributed by atoms with Gasteiger partial charge in [-0.3, -0.25) is 0 Å². The fourth-order valence-electron chi connectivity index (χ4n) is 1.71. The van der Waals surface area contributed by atoms with Crippen LogP contribution in [0.2, 0.25) is 0 Å². The smallest absolute Gasteiger partial charge is 0.214 e. The molecule has 2 unspecified atom stereocenters. The molecule has 0 aliphatic carbocycles. The van der Waals surface area contributed by atoms with Gasteiger partial charge in [-0.25, -0.2) is 13.1 Å². The minimum atomic E-state index is -3.21. The zero-order valence-electron chi connectivity index (χ0n) is 10.0. The van der Waals surface area contributed by atoms with Gasteiger partial charge in [-0.05, 0) is 19.3 Å². The molecule has 17 heavy (non-hydrogen) atoms. The molecule has 1 heterocycles. The molecule has 0 radical (unpaired) electrons. The Morgan fingerprint density at radius 1 is 1.59 bits per heavy atom. The molecule has 0 saturated carbocycles. The molecule has 1 N–H and O–H groups in total. The van der Waals surface area contributed by atoms with Crippen LogP contribution in [0.15, 0.2) is 0 Å². The average Bonchev–Trinajstić information content (AvgIpc) is 2.69. The molecule has 0 bridgehead atoms. The minimum absolute atomic E-state index is 0.0736. The third-order valence-electron chi connectivity index (χ3n) is 2.56. The minimum Gasteiger partial charge on any atom is -0.384 e. The molecule has 5 nitrogen and oxygen atoms in total. The summed E-state index contributed by atoms with van der Waals surface area (Å²) in [4.78, 5) is 0.179. The number of methoxy groups -OCH3 is 1. The van der Waals surface area contributed by atoms with Gasteiger partial charge in [0.2, 0.25) is 10.0 Å². The summed E-state index contributed by atoms with van der Waals surface area (Å²) in [5.41, 5.74) is 0. The Labute approximate surface area is 111 Å². The quantitative estimate of drug-likeness (QED) is 0.671. The van der Waals surface area contributed by atoms with Crippen molar-refractivity contribution in [3.05, 3.63) is 0 Å². The monoisotopic (exact) mass is 329 g/mol. The van der Waals surface area contributed by atoms with Gasteiger partial charge in [0, 0.05) is 25.1 Å². The summed E-state index contributed by atoms with van der Waals surface area (Å²) in [6.45, 7) is 1.68. The van der Waals surface area contributed by atoms with Crippen LogP contribution in [0, 0.1) is 0 Å². The molecule has 0 amide bonds. The Morgan fingerprint density at radius 2 is 2.35 bits per heavy atom. The van der Waals surface area contributed by atoms with Crippen molar-refractivity contribution in [2.45, 2.75) is 30.2 Å². The molecule has 2 atom stereocenters. The maximum Gasteiger partial charge on any atom is 0.214 e. The van der Waals surface area contributed by atoms with Crippen LogP contribution in [0.3, 0.4) is 0 Å². The van der Waals surface area contributed by atoms with E-state index in [1.54, 1.807) is 7.11 Å². The van der Waals surface area contributed by atoms with Gasteiger partial charge in [0.05, 0.1) is 18.5 Å². The Morgan fingerprint density at radius 3 is 2.94 bits per heavy atom. The van der Waals surface area contributed by atoms with E-state index in [4.69, 9.17) is 9.47 Å². The van der Waals surface area contributed by atoms with E-state index >= 15 is 0 Å². The van der Waals surface area contributed by atoms with E-state index < -0.39 is 10.0 Å². The molecule has 7 heteroatoms. The first-order valence-electron chi connectivity index (χ1n) is 5.75. The van der Waals surface area contributed by atoms with E-state index in [1.807, 2.05) is 0 Å². The van der Waals surface area contributed by atoms with Gasteiger partial charge in [-0.1, -0.05) is 15.9 Å². The van der Waals surface area contributed by atoms with E-state index in [2.05, 4.69) is 20.7 Å². The highest BCUT2D eigenvalue weighted by Crippen LogP contribution is 2.13. The van der Waals surface area contributed by atoms with Crippen LogP contribution in [0.1, 0.15) is 19.3 Å². The summed E-state index contributed by atoms with van der Waals surface area (Å²) in [7, 11) is -1.59. The van der Waals surface area contributed by atoms with Gasteiger partial charge in [0.1, 0.15) is 0 Å². The van der Waals surface area contributed by atoms with Crippen LogP contribution in [-0.4, -0.2) is 52.0 Å². The van der Waals surface area contributed by atoms with Crippen molar-refractivity contribution in [3.8, 4) is 0 Å². The molecule has 1 aliphatic heterocycles. The normalized spacial score (nSPS) is 22.8. The van der Waals surface area contributed by atoms with Crippen LogP contribution >= 0.6 is 15.9 Å². The summed E-state index contributed by atoms with van der Waals surface area (Å²) in [6, 6.07) is 0. The Balaban J connectivity index is 2.19. The number of halogens is 1. The highest BCUT2D eigenvalue weighted by atomic mass is 79.9. The Bertz CT molecular complexity index is 303. The molecule has 1 rings (SSSR count). The summed E-state index contributed by atoms with van der Waals surface area (Å²) < 4.78 is 36.2.